The molecule has 0 bridgehead atoms. The van der Waals surface area contributed by atoms with Crippen LogP contribution in [0.2, 0.25) is 0 Å². The summed E-state index contributed by atoms with van der Waals surface area (Å²) in [6.45, 7) is 6.58. The molecule has 5 heteroatoms. The van der Waals surface area contributed by atoms with Gasteiger partial charge in [-0.05, 0) is 60.9 Å². The average molecular weight is 380 g/mol. The van der Waals surface area contributed by atoms with E-state index < -0.39 is 5.41 Å². The van der Waals surface area contributed by atoms with Crippen LogP contribution in [-0.2, 0) is 11.2 Å². The monoisotopic (exact) mass is 379 g/mol. The lowest BCUT2D eigenvalue weighted by Crippen LogP contribution is -2.42. The van der Waals surface area contributed by atoms with E-state index in [2.05, 4.69) is 5.32 Å². The third-order valence-electron chi connectivity index (χ3n) is 4.99. The van der Waals surface area contributed by atoms with Crippen LogP contribution in [0.5, 0.6) is 0 Å². The summed E-state index contributed by atoms with van der Waals surface area (Å²) in [5.41, 5.74) is 4.07. The summed E-state index contributed by atoms with van der Waals surface area (Å²) in [5.74, 6) is -0.00472. The van der Waals surface area contributed by atoms with Gasteiger partial charge in [0.2, 0.25) is 5.91 Å². The van der Waals surface area contributed by atoms with Crippen molar-refractivity contribution in [2.75, 3.05) is 35.8 Å². The zero-order chi connectivity index (χ0) is 20.5. The fourth-order valence-corrected chi connectivity index (χ4v) is 3.40. The second-order valence-electron chi connectivity index (χ2n) is 8.55. The quantitative estimate of drug-likeness (QED) is 0.864. The minimum atomic E-state index is -0.416. The molecule has 148 valence electrons. The Morgan fingerprint density at radius 3 is 2.32 bits per heavy atom. The molecule has 1 heterocycles. The normalized spacial score (nSPS) is 13.7. The number of aryl methyl sites for hydroxylation is 1. The molecule has 0 fully saturated rings. The van der Waals surface area contributed by atoms with Crippen LogP contribution < -0.4 is 15.1 Å². The van der Waals surface area contributed by atoms with Crippen LogP contribution in [-0.4, -0.2) is 32.5 Å². The molecule has 2 aromatic carbocycles. The molecule has 0 saturated carbocycles. The van der Waals surface area contributed by atoms with Gasteiger partial charge in [-0.1, -0.05) is 20.8 Å². The maximum atomic E-state index is 12.8. The maximum absolute atomic E-state index is 12.8. The minimum absolute atomic E-state index is 0.131. The Kier molecular flexibility index (Phi) is 5.45. The standard InChI is InChI=1S/C23H29N3O2/c1-23(2,3)22(28)26-14-6-7-17-15-18(10-13-20(17)26)24-21(27)16-8-11-19(12-9-16)25(4)5/h8-13,15H,6-7,14H2,1-5H3,(H,24,27). The molecule has 0 unspecified atom stereocenters. The third-order valence-corrected chi connectivity index (χ3v) is 4.99. The lowest BCUT2D eigenvalue weighted by Gasteiger charge is -2.34. The van der Waals surface area contributed by atoms with Crippen LogP contribution >= 0.6 is 0 Å². The van der Waals surface area contributed by atoms with Crippen LogP contribution in [0.3, 0.4) is 0 Å². The fraction of sp³-hybridized carbons (Fsp3) is 0.391. The van der Waals surface area contributed by atoms with Gasteiger partial charge >= 0.3 is 0 Å². The third kappa shape index (κ3) is 4.19. The highest BCUT2D eigenvalue weighted by Gasteiger charge is 2.31. The SMILES string of the molecule is CN(C)c1ccc(C(=O)Nc2ccc3c(c2)CCCN3C(=O)C(C)(C)C)cc1. The molecule has 1 N–H and O–H groups in total. The predicted octanol–water partition coefficient (Wildman–Crippen LogP) is 4.33. The fourth-order valence-electron chi connectivity index (χ4n) is 3.40. The molecule has 0 saturated heterocycles. The number of nitrogens with one attached hydrogen (secondary N) is 1. The van der Waals surface area contributed by atoms with Crippen molar-refractivity contribution in [3.05, 3.63) is 53.6 Å². The van der Waals surface area contributed by atoms with Gasteiger partial charge in [0.25, 0.3) is 5.91 Å². The van der Waals surface area contributed by atoms with Crippen molar-refractivity contribution in [1.29, 1.82) is 0 Å². The number of rotatable bonds is 3. The highest BCUT2D eigenvalue weighted by Crippen LogP contribution is 2.33. The van der Waals surface area contributed by atoms with Crippen LogP contribution in [0.15, 0.2) is 42.5 Å². The molecule has 1 aliphatic heterocycles. The number of hydrogen-bond donors (Lipinski definition) is 1. The predicted molar refractivity (Wildman–Crippen MR) is 115 cm³/mol. The summed E-state index contributed by atoms with van der Waals surface area (Å²) in [4.78, 5) is 29.2. The zero-order valence-electron chi connectivity index (χ0n) is 17.4. The van der Waals surface area contributed by atoms with Crippen LogP contribution in [0.1, 0.15) is 43.1 Å². The number of fused-ring (bicyclic) bond motifs is 1. The van der Waals surface area contributed by atoms with Gasteiger partial charge in [-0.2, -0.15) is 0 Å². The van der Waals surface area contributed by atoms with E-state index in [4.69, 9.17) is 0 Å². The zero-order valence-corrected chi connectivity index (χ0v) is 17.4. The highest BCUT2D eigenvalue weighted by molar-refractivity contribution is 6.05. The lowest BCUT2D eigenvalue weighted by molar-refractivity contribution is -0.125. The van der Waals surface area contributed by atoms with Crippen LogP contribution in [0, 0.1) is 5.41 Å². The van der Waals surface area contributed by atoms with Crippen molar-refractivity contribution in [1.82, 2.24) is 0 Å². The first kappa shape index (κ1) is 19.9. The van der Waals surface area contributed by atoms with E-state index in [9.17, 15) is 9.59 Å². The van der Waals surface area contributed by atoms with Gasteiger partial charge in [-0.15, -0.1) is 0 Å². The molecular formula is C23H29N3O2. The Bertz CT molecular complexity index is 880. The Hall–Kier alpha value is -2.82. The molecule has 5 nitrogen and oxygen atoms in total. The smallest absolute Gasteiger partial charge is 0.255 e. The topological polar surface area (TPSA) is 52.7 Å². The number of hydrogen-bond acceptors (Lipinski definition) is 3. The Balaban J connectivity index is 1.78. The Morgan fingerprint density at radius 1 is 1.04 bits per heavy atom. The molecule has 2 aromatic rings. The number of carbonyl (C=O) groups excluding carboxylic acids is 2. The van der Waals surface area contributed by atoms with Gasteiger partial charge in [-0.3, -0.25) is 9.59 Å². The van der Waals surface area contributed by atoms with Crippen molar-refractivity contribution < 1.29 is 9.59 Å². The first-order valence-electron chi connectivity index (χ1n) is 9.70. The van der Waals surface area contributed by atoms with Crippen molar-refractivity contribution in [3.8, 4) is 0 Å². The van der Waals surface area contributed by atoms with E-state index in [1.54, 1.807) is 0 Å². The van der Waals surface area contributed by atoms with Crippen molar-refractivity contribution >= 4 is 28.9 Å². The average Bonchev–Trinajstić information content (AvgIpc) is 2.66. The van der Waals surface area contributed by atoms with Crippen LogP contribution in [0.4, 0.5) is 17.1 Å². The number of anilines is 3. The van der Waals surface area contributed by atoms with Gasteiger partial charge in [0.15, 0.2) is 0 Å². The molecule has 0 radical (unpaired) electrons. The molecule has 1 aliphatic rings. The molecular weight excluding hydrogens is 350 g/mol. The summed E-state index contributed by atoms with van der Waals surface area (Å²) in [7, 11) is 3.94. The molecule has 0 spiro atoms. The van der Waals surface area contributed by atoms with E-state index in [-0.39, 0.29) is 11.8 Å². The molecule has 0 aromatic heterocycles. The van der Waals surface area contributed by atoms with Gasteiger partial charge < -0.3 is 15.1 Å². The van der Waals surface area contributed by atoms with E-state index in [1.807, 2.05) is 87.1 Å². The summed E-state index contributed by atoms with van der Waals surface area (Å²) in [5, 5.41) is 2.98. The van der Waals surface area contributed by atoms with Gasteiger partial charge in [0.05, 0.1) is 0 Å². The summed E-state index contributed by atoms with van der Waals surface area (Å²) in [6, 6.07) is 13.3. The summed E-state index contributed by atoms with van der Waals surface area (Å²) in [6.07, 6.45) is 1.84. The molecule has 28 heavy (non-hydrogen) atoms. The van der Waals surface area contributed by atoms with E-state index in [0.717, 1.165) is 42.0 Å². The van der Waals surface area contributed by atoms with Gasteiger partial charge in [0, 0.05) is 48.7 Å². The second-order valence-corrected chi connectivity index (χ2v) is 8.55. The Labute approximate surface area is 167 Å². The molecule has 0 aliphatic carbocycles. The van der Waals surface area contributed by atoms with E-state index in [1.165, 1.54) is 0 Å². The second kappa shape index (κ2) is 7.66. The number of nitrogens with zero attached hydrogens (tertiary/aromatic N) is 2. The summed E-state index contributed by atoms with van der Waals surface area (Å²) >= 11 is 0. The molecule has 0 atom stereocenters. The maximum Gasteiger partial charge on any atom is 0.255 e. The van der Waals surface area contributed by atoms with Crippen molar-refractivity contribution in [2.24, 2.45) is 5.41 Å². The number of benzene rings is 2. The van der Waals surface area contributed by atoms with Gasteiger partial charge in [0.1, 0.15) is 0 Å². The Morgan fingerprint density at radius 2 is 1.71 bits per heavy atom. The van der Waals surface area contributed by atoms with Crippen LogP contribution in [0.25, 0.3) is 0 Å². The van der Waals surface area contributed by atoms with E-state index in [0.29, 0.717) is 5.56 Å². The first-order valence-corrected chi connectivity index (χ1v) is 9.70. The van der Waals surface area contributed by atoms with Crippen molar-refractivity contribution in [2.45, 2.75) is 33.6 Å². The summed E-state index contributed by atoms with van der Waals surface area (Å²) < 4.78 is 0. The molecule has 2 amide bonds. The largest absolute Gasteiger partial charge is 0.378 e. The lowest BCUT2D eigenvalue weighted by atomic mass is 9.92. The molecule has 3 rings (SSSR count). The first-order chi connectivity index (χ1) is 13.2. The highest BCUT2D eigenvalue weighted by atomic mass is 16.2. The van der Waals surface area contributed by atoms with E-state index >= 15 is 0 Å². The number of carbonyl (C=O) groups is 2. The van der Waals surface area contributed by atoms with Crippen molar-refractivity contribution in [3.63, 3.8) is 0 Å². The minimum Gasteiger partial charge on any atom is -0.378 e. The van der Waals surface area contributed by atoms with Gasteiger partial charge in [-0.25, -0.2) is 0 Å². The number of amides is 2.